The van der Waals surface area contributed by atoms with Crippen LogP contribution < -0.4 is 4.74 Å². The highest BCUT2D eigenvalue weighted by Crippen LogP contribution is 2.33. The highest BCUT2D eigenvalue weighted by molar-refractivity contribution is 5.91. The molecular weight excluding hydrogens is 418 g/mol. The van der Waals surface area contributed by atoms with Gasteiger partial charge in [-0.2, -0.15) is 0 Å². The Balaban J connectivity index is 1.45. The first-order valence-corrected chi connectivity index (χ1v) is 12.0. The molecule has 0 saturated heterocycles. The Morgan fingerprint density at radius 1 is 1.15 bits per heavy atom. The molecule has 1 aliphatic rings. The van der Waals surface area contributed by atoms with Gasteiger partial charge in [-0.3, -0.25) is 0 Å². The van der Waals surface area contributed by atoms with E-state index in [0.717, 1.165) is 39.4 Å². The molecule has 1 saturated carbocycles. The number of carbonyl (C=O) groups is 1. The predicted octanol–water partition coefficient (Wildman–Crippen LogP) is 5.84. The Kier molecular flexibility index (Phi) is 7.65. The molecule has 6 heteroatoms. The van der Waals surface area contributed by atoms with Gasteiger partial charge in [-0.1, -0.05) is 49.6 Å². The van der Waals surface area contributed by atoms with E-state index in [9.17, 15) is 9.90 Å². The normalized spacial score (nSPS) is 15.6. The third-order valence-electron chi connectivity index (χ3n) is 6.48. The summed E-state index contributed by atoms with van der Waals surface area (Å²) < 4.78 is 17.6. The Hall–Kier alpha value is -2.86. The van der Waals surface area contributed by atoms with E-state index in [2.05, 4.69) is 0 Å². The summed E-state index contributed by atoms with van der Waals surface area (Å²) in [6.07, 6.45) is 6.29. The molecule has 176 valence electrons. The molecule has 0 radical (unpaired) electrons. The quantitative estimate of drug-likeness (QED) is 0.417. The molecule has 1 aliphatic carbocycles. The number of aryl methyl sites for hydroxylation is 1. The smallest absolute Gasteiger partial charge is 0.333 e. The number of oxazole rings is 1. The summed E-state index contributed by atoms with van der Waals surface area (Å²) in [6, 6.07) is 11.8. The molecule has 1 heterocycles. The Labute approximate surface area is 194 Å². The summed E-state index contributed by atoms with van der Waals surface area (Å²) in [5.74, 6) is 2.06. The van der Waals surface area contributed by atoms with Crippen LogP contribution in [0, 0.1) is 6.92 Å². The van der Waals surface area contributed by atoms with E-state index in [-0.39, 0.29) is 0 Å². The van der Waals surface area contributed by atoms with Gasteiger partial charge in [0.05, 0.1) is 12.3 Å². The number of hydrogen-bond acceptors (Lipinski definition) is 5. The molecule has 1 aromatic heterocycles. The number of carboxylic acid groups (broad SMARTS) is 1. The van der Waals surface area contributed by atoms with Crippen molar-refractivity contribution in [3.63, 3.8) is 0 Å². The summed E-state index contributed by atoms with van der Waals surface area (Å²) in [4.78, 5) is 16.3. The van der Waals surface area contributed by atoms with Crippen LogP contribution in [0.25, 0.3) is 10.8 Å². The molecule has 1 fully saturated rings. The van der Waals surface area contributed by atoms with Crippen LogP contribution in [0.4, 0.5) is 0 Å². The standard InChI is InChI=1S/C27H33NO5/c1-3-31-25(27(29)30)17-20-13-14-24(22-12-8-7-11-21(20)22)32-16-15-23-18(2)33-26(28-23)19-9-5-4-6-10-19/h7-8,11-14,19,25H,3-6,9-10,15-17H2,1-2H3,(H,29,30). The van der Waals surface area contributed by atoms with Gasteiger partial charge in [0.1, 0.15) is 11.5 Å². The van der Waals surface area contributed by atoms with Crippen LogP contribution >= 0.6 is 0 Å². The minimum absolute atomic E-state index is 0.312. The van der Waals surface area contributed by atoms with E-state index in [4.69, 9.17) is 18.9 Å². The van der Waals surface area contributed by atoms with Crippen molar-refractivity contribution in [2.45, 2.75) is 70.8 Å². The van der Waals surface area contributed by atoms with E-state index in [1.807, 2.05) is 43.3 Å². The average molecular weight is 452 g/mol. The van der Waals surface area contributed by atoms with Gasteiger partial charge >= 0.3 is 5.97 Å². The summed E-state index contributed by atoms with van der Waals surface area (Å²) in [6.45, 7) is 4.65. The number of aliphatic carboxylic acids is 1. The fourth-order valence-electron chi connectivity index (χ4n) is 4.72. The zero-order valence-electron chi connectivity index (χ0n) is 19.5. The molecule has 33 heavy (non-hydrogen) atoms. The van der Waals surface area contributed by atoms with Gasteiger partial charge in [-0.15, -0.1) is 0 Å². The highest BCUT2D eigenvalue weighted by atomic mass is 16.5. The van der Waals surface area contributed by atoms with Crippen LogP contribution in [0.3, 0.4) is 0 Å². The Morgan fingerprint density at radius 2 is 1.91 bits per heavy atom. The molecule has 1 N–H and O–H groups in total. The second-order valence-electron chi connectivity index (χ2n) is 8.74. The molecule has 0 bridgehead atoms. The van der Waals surface area contributed by atoms with Crippen LogP contribution in [-0.2, 0) is 22.4 Å². The van der Waals surface area contributed by atoms with Crippen LogP contribution in [-0.4, -0.2) is 35.4 Å². The number of benzene rings is 2. The molecule has 0 spiro atoms. The molecule has 1 unspecified atom stereocenters. The van der Waals surface area contributed by atoms with Gasteiger partial charge in [0.2, 0.25) is 0 Å². The average Bonchev–Trinajstić information content (AvgIpc) is 3.21. The van der Waals surface area contributed by atoms with Crippen molar-refractivity contribution in [3.8, 4) is 5.75 Å². The minimum atomic E-state index is -0.947. The van der Waals surface area contributed by atoms with E-state index < -0.39 is 12.1 Å². The maximum atomic E-state index is 11.5. The first kappa shape index (κ1) is 23.3. The van der Waals surface area contributed by atoms with Crippen LogP contribution in [0.1, 0.15) is 67.9 Å². The number of hydrogen-bond donors (Lipinski definition) is 1. The minimum Gasteiger partial charge on any atom is -0.493 e. The largest absolute Gasteiger partial charge is 0.493 e. The van der Waals surface area contributed by atoms with Crippen molar-refractivity contribution < 1.29 is 23.8 Å². The molecular formula is C27H33NO5. The zero-order chi connectivity index (χ0) is 23.2. The number of aromatic nitrogens is 1. The molecule has 0 amide bonds. The van der Waals surface area contributed by atoms with Gasteiger partial charge in [-0.25, -0.2) is 9.78 Å². The van der Waals surface area contributed by atoms with Crippen molar-refractivity contribution in [2.24, 2.45) is 0 Å². The molecule has 0 aliphatic heterocycles. The molecule has 3 aromatic rings. The van der Waals surface area contributed by atoms with Crippen molar-refractivity contribution in [2.75, 3.05) is 13.2 Å². The van der Waals surface area contributed by atoms with Gasteiger partial charge < -0.3 is 19.0 Å². The summed E-state index contributed by atoms with van der Waals surface area (Å²) in [5.41, 5.74) is 1.90. The van der Waals surface area contributed by atoms with Crippen molar-refractivity contribution in [3.05, 3.63) is 59.3 Å². The van der Waals surface area contributed by atoms with Crippen molar-refractivity contribution in [1.82, 2.24) is 4.98 Å². The molecule has 4 rings (SSSR count). The number of nitrogens with zero attached hydrogens (tertiary/aromatic N) is 1. The highest BCUT2D eigenvalue weighted by Gasteiger charge is 2.22. The Bertz CT molecular complexity index is 1080. The van der Waals surface area contributed by atoms with E-state index in [1.54, 1.807) is 6.92 Å². The van der Waals surface area contributed by atoms with Crippen molar-refractivity contribution >= 4 is 16.7 Å². The fourth-order valence-corrected chi connectivity index (χ4v) is 4.72. The van der Waals surface area contributed by atoms with E-state index >= 15 is 0 Å². The predicted molar refractivity (Wildman–Crippen MR) is 127 cm³/mol. The van der Waals surface area contributed by atoms with Crippen LogP contribution in [0.5, 0.6) is 5.75 Å². The van der Waals surface area contributed by atoms with Crippen molar-refractivity contribution in [1.29, 1.82) is 0 Å². The number of ether oxygens (including phenoxy) is 2. The number of carboxylic acids is 1. The maximum absolute atomic E-state index is 11.5. The Morgan fingerprint density at radius 3 is 2.64 bits per heavy atom. The van der Waals surface area contributed by atoms with Gasteiger partial charge in [-0.05, 0) is 43.7 Å². The maximum Gasteiger partial charge on any atom is 0.333 e. The van der Waals surface area contributed by atoms with E-state index in [1.165, 1.54) is 32.1 Å². The summed E-state index contributed by atoms with van der Waals surface area (Å²) >= 11 is 0. The van der Waals surface area contributed by atoms with Gasteiger partial charge in [0, 0.05) is 30.8 Å². The second kappa shape index (κ2) is 10.8. The number of fused-ring (bicyclic) bond motifs is 1. The molecule has 1 atom stereocenters. The monoisotopic (exact) mass is 451 g/mol. The number of rotatable bonds is 10. The SMILES string of the molecule is CCOC(Cc1ccc(OCCc2nc(C3CCCCC3)oc2C)c2ccccc12)C(=O)O. The van der Waals surface area contributed by atoms with Crippen LogP contribution in [0.2, 0.25) is 0 Å². The summed E-state index contributed by atoms with van der Waals surface area (Å²) in [5, 5.41) is 11.4. The third-order valence-corrected chi connectivity index (χ3v) is 6.48. The van der Waals surface area contributed by atoms with Crippen LogP contribution in [0.15, 0.2) is 40.8 Å². The van der Waals surface area contributed by atoms with Gasteiger partial charge in [0.15, 0.2) is 12.0 Å². The second-order valence-corrected chi connectivity index (χ2v) is 8.74. The fraction of sp³-hybridized carbons (Fsp3) is 0.481. The lowest BCUT2D eigenvalue weighted by atomic mass is 9.89. The lowest BCUT2D eigenvalue weighted by Gasteiger charge is -2.17. The summed E-state index contributed by atoms with van der Waals surface area (Å²) in [7, 11) is 0. The molecule has 2 aromatic carbocycles. The molecule has 6 nitrogen and oxygen atoms in total. The topological polar surface area (TPSA) is 81.8 Å². The first-order chi connectivity index (χ1) is 16.1. The first-order valence-electron chi connectivity index (χ1n) is 12.0. The lowest BCUT2D eigenvalue weighted by molar-refractivity contribution is -0.149. The zero-order valence-corrected chi connectivity index (χ0v) is 19.5. The van der Waals surface area contributed by atoms with Gasteiger partial charge in [0.25, 0.3) is 0 Å². The third kappa shape index (κ3) is 5.56. The van der Waals surface area contributed by atoms with E-state index in [0.29, 0.717) is 32.0 Å². The lowest BCUT2D eigenvalue weighted by Crippen LogP contribution is -2.26.